The molecule has 0 aromatic rings. The fourth-order valence-corrected chi connectivity index (χ4v) is 2.02. The van der Waals surface area contributed by atoms with Crippen molar-refractivity contribution in [3.63, 3.8) is 0 Å². The van der Waals surface area contributed by atoms with Gasteiger partial charge in [-0.15, -0.1) is 6.58 Å². The van der Waals surface area contributed by atoms with Crippen LogP contribution in [0.25, 0.3) is 0 Å². The number of carbonyl (C=O) groups excluding carboxylic acids is 1. The van der Waals surface area contributed by atoms with Crippen LogP contribution >= 0.6 is 23.2 Å². The van der Waals surface area contributed by atoms with Crippen molar-refractivity contribution in [2.24, 2.45) is 0 Å². The molecule has 0 aromatic carbocycles. The first-order valence-electron chi connectivity index (χ1n) is 4.40. The maximum absolute atomic E-state index is 11.4. The zero-order valence-electron chi connectivity index (χ0n) is 8.39. The molecule has 5 heteroatoms. The second-order valence-electron chi connectivity index (χ2n) is 3.27. The van der Waals surface area contributed by atoms with Crippen molar-refractivity contribution in [1.82, 2.24) is 0 Å². The third kappa shape index (κ3) is 2.42. The number of allylic oxidation sites excluding steroid dienone is 1. The van der Waals surface area contributed by atoms with E-state index in [1.807, 2.05) is 0 Å². The zero-order valence-corrected chi connectivity index (χ0v) is 9.90. The van der Waals surface area contributed by atoms with E-state index in [0.29, 0.717) is 6.42 Å². The van der Waals surface area contributed by atoms with Crippen LogP contribution in [0.15, 0.2) is 22.7 Å². The van der Waals surface area contributed by atoms with Gasteiger partial charge in [0.2, 0.25) is 0 Å². The SMILES string of the molecule is C=CCC1(OCOC)CC(=O)C(Cl)=C1Cl. The molecule has 0 amide bonds. The Bertz CT molecular complexity index is 312. The maximum Gasteiger partial charge on any atom is 0.178 e. The molecule has 15 heavy (non-hydrogen) atoms. The molecule has 1 atom stereocenters. The summed E-state index contributed by atoms with van der Waals surface area (Å²) in [7, 11) is 1.50. The van der Waals surface area contributed by atoms with Gasteiger partial charge in [-0.25, -0.2) is 0 Å². The van der Waals surface area contributed by atoms with Crippen LogP contribution in [0.1, 0.15) is 12.8 Å². The Labute approximate surface area is 98.6 Å². The number of hydrogen-bond acceptors (Lipinski definition) is 3. The third-order valence-corrected chi connectivity index (χ3v) is 3.24. The second kappa shape index (κ2) is 5.12. The fraction of sp³-hybridized carbons (Fsp3) is 0.500. The molecule has 84 valence electrons. The first-order chi connectivity index (χ1) is 7.07. The van der Waals surface area contributed by atoms with Crippen molar-refractivity contribution in [3.8, 4) is 0 Å². The van der Waals surface area contributed by atoms with Crippen molar-refractivity contribution in [1.29, 1.82) is 0 Å². The Kier molecular flexibility index (Phi) is 4.34. The number of carbonyl (C=O) groups is 1. The van der Waals surface area contributed by atoms with Crippen molar-refractivity contribution >= 4 is 29.0 Å². The molecule has 1 unspecified atom stereocenters. The molecular weight excluding hydrogens is 239 g/mol. The van der Waals surface area contributed by atoms with Gasteiger partial charge in [0.15, 0.2) is 5.78 Å². The summed E-state index contributed by atoms with van der Waals surface area (Å²) in [6, 6.07) is 0. The van der Waals surface area contributed by atoms with Gasteiger partial charge < -0.3 is 9.47 Å². The van der Waals surface area contributed by atoms with E-state index < -0.39 is 5.60 Å². The van der Waals surface area contributed by atoms with Gasteiger partial charge in [-0.3, -0.25) is 4.79 Å². The lowest BCUT2D eigenvalue weighted by molar-refractivity contribution is -0.128. The molecule has 1 rings (SSSR count). The lowest BCUT2D eigenvalue weighted by atomic mass is 9.98. The van der Waals surface area contributed by atoms with E-state index in [-0.39, 0.29) is 29.1 Å². The van der Waals surface area contributed by atoms with Crippen molar-refractivity contribution in [2.45, 2.75) is 18.4 Å². The van der Waals surface area contributed by atoms with Gasteiger partial charge in [0.25, 0.3) is 0 Å². The molecule has 0 spiro atoms. The smallest absolute Gasteiger partial charge is 0.178 e. The first-order valence-corrected chi connectivity index (χ1v) is 5.15. The zero-order chi connectivity index (χ0) is 11.5. The summed E-state index contributed by atoms with van der Waals surface area (Å²) in [5, 5.41) is 0.292. The van der Waals surface area contributed by atoms with Crippen molar-refractivity contribution in [3.05, 3.63) is 22.7 Å². The molecule has 0 radical (unpaired) electrons. The van der Waals surface area contributed by atoms with E-state index in [1.165, 1.54) is 7.11 Å². The lowest BCUT2D eigenvalue weighted by Gasteiger charge is -2.27. The minimum atomic E-state index is -0.881. The average Bonchev–Trinajstić information content (AvgIpc) is 2.42. The van der Waals surface area contributed by atoms with Crippen LogP contribution in [-0.2, 0) is 14.3 Å². The molecule has 0 bridgehead atoms. The molecule has 1 aliphatic carbocycles. The Morgan fingerprint density at radius 3 is 2.67 bits per heavy atom. The Morgan fingerprint density at radius 2 is 2.27 bits per heavy atom. The van der Waals surface area contributed by atoms with Gasteiger partial charge in [-0.05, 0) is 6.42 Å². The highest BCUT2D eigenvalue weighted by Gasteiger charge is 2.44. The number of ether oxygens (including phenoxy) is 2. The van der Waals surface area contributed by atoms with Gasteiger partial charge in [0.05, 0.1) is 5.03 Å². The second-order valence-corrected chi connectivity index (χ2v) is 4.02. The number of halogens is 2. The Hall–Kier alpha value is -0.350. The van der Waals surface area contributed by atoms with E-state index in [4.69, 9.17) is 32.7 Å². The highest BCUT2D eigenvalue weighted by atomic mass is 35.5. The van der Waals surface area contributed by atoms with Gasteiger partial charge in [-0.1, -0.05) is 29.3 Å². The molecule has 0 heterocycles. The summed E-state index contributed by atoms with van der Waals surface area (Å²) in [4.78, 5) is 11.4. The molecule has 0 N–H and O–H groups in total. The summed E-state index contributed by atoms with van der Waals surface area (Å²) in [6.45, 7) is 3.66. The average molecular weight is 251 g/mol. The molecule has 0 saturated heterocycles. The lowest BCUT2D eigenvalue weighted by Crippen LogP contribution is -2.32. The molecule has 1 aliphatic rings. The Morgan fingerprint density at radius 1 is 1.60 bits per heavy atom. The summed E-state index contributed by atoms with van der Waals surface area (Å²) >= 11 is 11.7. The minimum Gasteiger partial charge on any atom is -0.359 e. The van der Waals surface area contributed by atoms with Crippen LogP contribution in [0.2, 0.25) is 0 Å². The van der Waals surface area contributed by atoms with Gasteiger partial charge >= 0.3 is 0 Å². The Balaban J connectivity index is 2.93. The monoisotopic (exact) mass is 250 g/mol. The van der Waals surface area contributed by atoms with E-state index in [1.54, 1.807) is 6.08 Å². The number of hydrogen-bond donors (Lipinski definition) is 0. The highest BCUT2D eigenvalue weighted by Crippen LogP contribution is 2.43. The minimum absolute atomic E-state index is 0.0506. The molecular formula is C10H12Cl2O3. The highest BCUT2D eigenvalue weighted by molar-refractivity contribution is 6.50. The van der Waals surface area contributed by atoms with Crippen LogP contribution in [0.4, 0.5) is 0 Å². The quantitative estimate of drug-likeness (QED) is 0.556. The van der Waals surface area contributed by atoms with Crippen molar-refractivity contribution < 1.29 is 14.3 Å². The maximum atomic E-state index is 11.4. The molecule has 3 nitrogen and oxygen atoms in total. The van der Waals surface area contributed by atoms with E-state index in [9.17, 15) is 4.79 Å². The summed E-state index contributed by atoms with van der Waals surface area (Å²) in [5.41, 5.74) is -0.881. The topological polar surface area (TPSA) is 35.5 Å². The summed E-state index contributed by atoms with van der Waals surface area (Å²) < 4.78 is 10.2. The molecule has 0 aliphatic heterocycles. The van der Waals surface area contributed by atoms with Gasteiger partial charge in [-0.2, -0.15) is 0 Å². The van der Waals surface area contributed by atoms with Gasteiger partial charge in [0, 0.05) is 13.5 Å². The predicted octanol–water partition coefficient (Wildman–Crippen LogP) is 2.58. The predicted molar refractivity (Wildman–Crippen MR) is 58.9 cm³/mol. The van der Waals surface area contributed by atoms with Crippen LogP contribution in [-0.4, -0.2) is 25.3 Å². The summed E-state index contributed by atoms with van der Waals surface area (Å²) in [6.07, 6.45) is 2.21. The van der Waals surface area contributed by atoms with Crippen LogP contribution in [0.5, 0.6) is 0 Å². The molecule has 0 aromatic heterocycles. The first kappa shape index (κ1) is 12.7. The van der Waals surface area contributed by atoms with Crippen LogP contribution in [0, 0.1) is 0 Å². The fourth-order valence-electron chi connectivity index (χ4n) is 1.48. The largest absolute Gasteiger partial charge is 0.359 e. The number of ketones is 1. The number of Topliss-reactive ketones (excluding diaryl/α,β-unsaturated/α-hetero) is 1. The molecule has 0 saturated carbocycles. The van der Waals surface area contributed by atoms with Crippen LogP contribution in [0.3, 0.4) is 0 Å². The van der Waals surface area contributed by atoms with E-state index >= 15 is 0 Å². The number of rotatable bonds is 5. The van der Waals surface area contributed by atoms with E-state index in [0.717, 1.165) is 0 Å². The van der Waals surface area contributed by atoms with Crippen molar-refractivity contribution in [2.75, 3.05) is 13.9 Å². The van der Waals surface area contributed by atoms with Crippen LogP contribution < -0.4 is 0 Å². The number of methoxy groups -OCH3 is 1. The third-order valence-electron chi connectivity index (χ3n) is 2.21. The standard InChI is InChI=1S/C10H12Cl2O3/c1-3-4-10(15-6-14-2)5-7(13)8(11)9(10)12/h3H,1,4-6H2,2H3. The van der Waals surface area contributed by atoms with E-state index in [2.05, 4.69) is 6.58 Å². The molecule has 0 fully saturated rings. The summed E-state index contributed by atoms with van der Waals surface area (Å²) in [5.74, 6) is -0.209. The van der Waals surface area contributed by atoms with Gasteiger partial charge in [0.1, 0.15) is 17.4 Å². The normalized spacial score (nSPS) is 26.2.